The van der Waals surface area contributed by atoms with Crippen molar-refractivity contribution in [2.24, 2.45) is 0 Å². The van der Waals surface area contributed by atoms with Crippen molar-refractivity contribution in [1.82, 2.24) is 4.98 Å². The van der Waals surface area contributed by atoms with Gasteiger partial charge < -0.3 is 9.40 Å². The highest BCUT2D eigenvalue weighted by Crippen LogP contribution is 2.36. The maximum Gasteiger partial charge on any atom is 0.135 e. The predicted octanol–water partition coefficient (Wildman–Crippen LogP) is 6.89. The van der Waals surface area contributed by atoms with E-state index in [0.717, 1.165) is 21.9 Å². The molecule has 0 spiro atoms. The SMILES string of the molecule is c1ccc2c(c1)[nH]c1c(-c3ccc4oc5ccccc5c4c3)cccc12. The fourth-order valence-corrected chi connectivity index (χ4v) is 4.01. The van der Waals surface area contributed by atoms with Crippen molar-refractivity contribution in [3.63, 3.8) is 0 Å². The quantitative estimate of drug-likeness (QED) is 0.349. The van der Waals surface area contributed by atoms with E-state index in [9.17, 15) is 0 Å². The highest BCUT2D eigenvalue weighted by Gasteiger charge is 2.12. The van der Waals surface area contributed by atoms with Crippen molar-refractivity contribution in [1.29, 1.82) is 0 Å². The topological polar surface area (TPSA) is 28.9 Å². The number of nitrogens with one attached hydrogen (secondary N) is 1. The molecule has 122 valence electrons. The van der Waals surface area contributed by atoms with E-state index in [1.165, 1.54) is 32.9 Å². The molecular formula is C24H15NO. The molecule has 0 aliphatic carbocycles. The average molecular weight is 333 g/mol. The molecule has 2 heterocycles. The summed E-state index contributed by atoms with van der Waals surface area (Å²) in [7, 11) is 0. The summed E-state index contributed by atoms with van der Waals surface area (Å²) in [6, 6.07) is 29.6. The van der Waals surface area contributed by atoms with Crippen LogP contribution in [0, 0.1) is 0 Å². The van der Waals surface area contributed by atoms with Crippen LogP contribution >= 0.6 is 0 Å². The third-order valence-electron chi connectivity index (χ3n) is 5.23. The number of benzene rings is 4. The van der Waals surface area contributed by atoms with Gasteiger partial charge in [0.25, 0.3) is 0 Å². The maximum absolute atomic E-state index is 5.97. The average Bonchev–Trinajstić information content (AvgIpc) is 3.25. The van der Waals surface area contributed by atoms with Gasteiger partial charge in [0.1, 0.15) is 11.2 Å². The van der Waals surface area contributed by atoms with Crippen molar-refractivity contribution in [2.45, 2.75) is 0 Å². The summed E-state index contributed by atoms with van der Waals surface area (Å²) < 4.78 is 5.97. The molecule has 0 fully saturated rings. The second-order valence-electron chi connectivity index (χ2n) is 6.71. The minimum Gasteiger partial charge on any atom is -0.456 e. The normalized spacial score (nSPS) is 11.8. The molecule has 26 heavy (non-hydrogen) atoms. The van der Waals surface area contributed by atoms with Crippen LogP contribution in [0.15, 0.2) is 89.3 Å². The van der Waals surface area contributed by atoms with E-state index < -0.39 is 0 Å². The van der Waals surface area contributed by atoms with Crippen LogP contribution in [-0.4, -0.2) is 4.98 Å². The van der Waals surface area contributed by atoms with Gasteiger partial charge in [-0.25, -0.2) is 0 Å². The van der Waals surface area contributed by atoms with Crippen LogP contribution in [-0.2, 0) is 0 Å². The molecule has 0 atom stereocenters. The van der Waals surface area contributed by atoms with Crippen LogP contribution in [0.4, 0.5) is 0 Å². The zero-order valence-corrected chi connectivity index (χ0v) is 14.0. The summed E-state index contributed by atoms with van der Waals surface area (Å²) >= 11 is 0. The van der Waals surface area contributed by atoms with E-state index in [1.807, 2.05) is 12.1 Å². The fraction of sp³-hybridized carbons (Fsp3) is 0. The van der Waals surface area contributed by atoms with Crippen LogP contribution in [0.1, 0.15) is 0 Å². The Bertz CT molecular complexity index is 1430. The number of rotatable bonds is 1. The fourth-order valence-electron chi connectivity index (χ4n) is 4.01. The molecule has 0 bridgehead atoms. The zero-order chi connectivity index (χ0) is 17.1. The Labute approximate surface area is 149 Å². The summed E-state index contributed by atoms with van der Waals surface area (Å²) in [4.78, 5) is 3.60. The number of aromatic nitrogens is 1. The lowest BCUT2D eigenvalue weighted by atomic mass is 10.00. The van der Waals surface area contributed by atoms with Crippen LogP contribution in [0.25, 0.3) is 54.9 Å². The van der Waals surface area contributed by atoms with Crippen LogP contribution in [0.3, 0.4) is 0 Å². The minimum absolute atomic E-state index is 0.929. The number of H-pyrrole nitrogens is 1. The maximum atomic E-state index is 5.97. The number of aromatic amines is 1. The molecule has 0 amide bonds. The van der Waals surface area contributed by atoms with E-state index in [-0.39, 0.29) is 0 Å². The van der Waals surface area contributed by atoms with E-state index in [2.05, 4.69) is 77.8 Å². The third-order valence-corrected chi connectivity index (χ3v) is 5.23. The third kappa shape index (κ3) is 1.81. The first kappa shape index (κ1) is 13.7. The Kier molecular flexibility index (Phi) is 2.64. The van der Waals surface area contributed by atoms with Crippen LogP contribution in [0.2, 0.25) is 0 Å². The molecular weight excluding hydrogens is 318 g/mol. The van der Waals surface area contributed by atoms with Gasteiger partial charge in [-0.2, -0.15) is 0 Å². The first-order chi connectivity index (χ1) is 12.9. The standard InChI is InChI=1S/C24H15NO/c1-3-10-21-17(6-1)19-9-5-8-16(24(19)25-21)15-12-13-23-20(14-15)18-7-2-4-11-22(18)26-23/h1-14,25H. The summed E-state index contributed by atoms with van der Waals surface area (Å²) in [6.07, 6.45) is 0. The first-order valence-corrected chi connectivity index (χ1v) is 8.79. The van der Waals surface area contributed by atoms with E-state index in [0.29, 0.717) is 0 Å². The molecule has 0 saturated carbocycles. The highest BCUT2D eigenvalue weighted by molar-refractivity contribution is 6.13. The molecule has 6 aromatic rings. The molecule has 0 radical (unpaired) electrons. The van der Waals surface area contributed by atoms with Crippen LogP contribution in [0.5, 0.6) is 0 Å². The number of hydrogen-bond acceptors (Lipinski definition) is 1. The summed E-state index contributed by atoms with van der Waals surface area (Å²) in [5, 5.41) is 4.84. The van der Waals surface area contributed by atoms with E-state index in [1.54, 1.807) is 0 Å². The monoisotopic (exact) mass is 333 g/mol. The molecule has 0 unspecified atom stereocenters. The van der Waals surface area contributed by atoms with Crippen LogP contribution < -0.4 is 0 Å². The second kappa shape index (κ2) is 4.99. The van der Waals surface area contributed by atoms with Gasteiger partial charge in [0.2, 0.25) is 0 Å². The van der Waals surface area contributed by atoms with Gasteiger partial charge in [-0.3, -0.25) is 0 Å². The summed E-state index contributed by atoms with van der Waals surface area (Å²) in [5.41, 5.74) is 6.62. The number of furan rings is 1. The Balaban J connectivity index is 1.68. The first-order valence-electron chi connectivity index (χ1n) is 8.79. The summed E-state index contributed by atoms with van der Waals surface area (Å²) in [6.45, 7) is 0. The Morgan fingerprint density at radius 2 is 1.35 bits per heavy atom. The lowest BCUT2D eigenvalue weighted by Crippen LogP contribution is -1.80. The van der Waals surface area contributed by atoms with Gasteiger partial charge in [-0.05, 0) is 29.8 Å². The number of para-hydroxylation sites is 3. The largest absolute Gasteiger partial charge is 0.456 e. The molecule has 2 heteroatoms. The Morgan fingerprint density at radius 1 is 0.577 bits per heavy atom. The zero-order valence-electron chi connectivity index (χ0n) is 14.0. The van der Waals surface area contributed by atoms with E-state index >= 15 is 0 Å². The predicted molar refractivity (Wildman–Crippen MR) is 109 cm³/mol. The van der Waals surface area contributed by atoms with Crippen molar-refractivity contribution >= 4 is 43.7 Å². The van der Waals surface area contributed by atoms with Crippen molar-refractivity contribution in [2.75, 3.05) is 0 Å². The van der Waals surface area contributed by atoms with Gasteiger partial charge in [0.15, 0.2) is 0 Å². The van der Waals surface area contributed by atoms with Crippen molar-refractivity contribution in [3.8, 4) is 11.1 Å². The smallest absolute Gasteiger partial charge is 0.135 e. The lowest BCUT2D eigenvalue weighted by Gasteiger charge is -2.04. The number of fused-ring (bicyclic) bond motifs is 6. The Hall–Kier alpha value is -3.52. The molecule has 1 N–H and O–H groups in total. The van der Waals surface area contributed by atoms with Crippen molar-refractivity contribution < 1.29 is 4.42 Å². The molecule has 0 aliphatic heterocycles. The molecule has 2 nitrogen and oxygen atoms in total. The van der Waals surface area contributed by atoms with E-state index in [4.69, 9.17) is 4.42 Å². The lowest BCUT2D eigenvalue weighted by molar-refractivity contribution is 0.669. The highest BCUT2D eigenvalue weighted by atomic mass is 16.3. The Morgan fingerprint density at radius 3 is 2.31 bits per heavy atom. The van der Waals surface area contributed by atoms with Gasteiger partial charge in [0, 0.05) is 32.6 Å². The van der Waals surface area contributed by atoms with Crippen molar-refractivity contribution in [3.05, 3.63) is 84.9 Å². The number of hydrogen-bond donors (Lipinski definition) is 1. The molecule has 6 rings (SSSR count). The summed E-state index contributed by atoms with van der Waals surface area (Å²) in [5.74, 6) is 0. The van der Waals surface area contributed by atoms with Gasteiger partial charge >= 0.3 is 0 Å². The van der Waals surface area contributed by atoms with Gasteiger partial charge in [-0.15, -0.1) is 0 Å². The molecule has 0 saturated heterocycles. The molecule has 4 aromatic carbocycles. The minimum atomic E-state index is 0.929. The molecule has 2 aromatic heterocycles. The molecule has 0 aliphatic rings. The van der Waals surface area contributed by atoms with Gasteiger partial charge in [-0.1, -0.05) is 60.7 Å². The van der Waals surface area contributed by atoms with Gasteiger partial charge in [0.05, 0.1) is 5.52 Å². The second-order valence-corrected chi connectivity index (χ2v) is 6.71.